The molecule has 0 spiro atoms. The first-order valence-corrected chi connectivity index (χ1v) is 5.62. The highest BCUT2D eigenvalue weighted by atomic mass is 15.1. The van der Waals surface area contributed by atoms with Gasteiger partial charge in [0.1, 0.15) is 0 Å². The summed E-state index contributed by atoms with van der Waals surface area (Å²) in [4.78, 5) is 2.43. The van der Waals surface area contributed by atoms with Gasteiger partial charge >= 0.3 is 0 Å². The fraction of sp³-hybridized carbons (Fsp3) is 1.00. The molecule has 0 saturated carbocycles. The molecular weight excluding hydrogens is 160 g/mol. The third kappa shape index (κ3) is 4.63. The summed E-state index contributed by atoms with van der Waals surface area (Å²) in [5.74, 6) is 0.981. The van der Waals surface area contributed by atoms with Crippen molar-refractivity contribution in [2.75, 3.05) is 20.1 Å². The Bertz CT molecular complexity index is 126. The van der Waals surface area contributed by atoms with Crippen LogP contribution in [0.3, 0.4) is 0 Å². The van der Waals surface area contributed by atoms with Crippen molar-refractivity contribution in [3.8, 4) is 0 Å². The van der Waals surface area contributed by atoms with Gasteiger partial charge in [-0.15, -0.1) is 0 Å². The van der Waals surface area contributed by atoms with E-state index in [2.05, 4.69) is 18.9 Å². The van der Waals surface area contributed by atoms with Crippen LogP contribution in [0.15, 0.2) is 0 Å². The molecule has 0 aromatic rings. The van der Waals surface area contributed by atoms with Crippen molar-refractivity contribution in [2.24, 2.45) is 11.7 Å². The molecular formula is C11H24N2. The molecule has 13 heavy (non-hydrogen) atoms. The maximum atomic E-state index is 5.72. The molecule has 1 aliphatic heterocycles. The van der Waals surface area contributed by atoms with Crippen LogP contribution in [0, 0.1) is 5.92 Å². The second kappa shape index (κ2) is 5.61. The average molecular weight is 184 g/mol. The lowest BCUT2D eigenvalue weighted by atomic mass is 9.91. The zero-order valence-electron chi connectivity index (χ0n) is 9.13. The van der Waals surface area contributed by atoms with Crippen molar-refractivity contribution in [1.82, 2.24) is 4.90 Å². The van der Waals surface area contributed by atoms with Crippen LogP contribution in [0.2, 0.25) is 0 Å². The standard InChI is InChI=1S/C11H24N2/c1-10(12)4-3-5-11-6-8-13(2)9-7-11/h10-11H,3-9,12H2,1-2H3. The zero-order valence-corrected chi connectivity index (χ0v) is 9.13. The number of nitrogens with zero attached hydrogens (tertiary/aromatic N) is 1. The number of piperidine rings is 1. The second-order valence-corrected chi connectivity index (χ2v) is 4.65. The van der Waals surface area contributed by atoms with Gasteiger partial charge in [0.25, 0.3) is 0 Å². The summed E-state index contributed by atoms with van der Waals surface area (Å²) >= 11 is 0. The molecule has 1 fully saturated rings. The van der Waals surface area contributed by atoms with Crippen LogP contribution in [0.4, 0.5) is 0 Å². The second-order valence-electron chi connectivity index (χ2n) is 4.65. The molecule has 0 amide bonds. The van der Waals surface area contributed by atoms with Crippen molar-refractivity contribution in [2.45, 2.75) is 45.1 Å². The van der Waals surface area contributed by atoms with E-state index in [-0.39, 0.29) is 0 Å². The van der Waals surface area contributed by atoms with E-state index in [0.717, 1.165) is 5.92 Å². The third-order valence-electron chi connectivity index (χ3n) is 3.11. The van der Waals surface area contributed by atoms with Crippen LogP contribution >= 0.6 is 0 Å². The Morgan fingerprint density at radius 2 is 2.00 bits per heavy atom. The molecule has 0 aromatic heterocycles. The van der Waals surface area contributed by atoms with E-state index in [1.54, 1.807) is 0 Å². The highest BCUT2D eigenvalue weighted by Gasteiger charge is 2.15. The summed E-state index contributed by atoms with van der Waals surface area (Å²) in [5.41, 5.74) is 5.72. The number of rotatable bonds is 4. The molecule has 0 aliphatic carbocycles. The molecule has 1 unspecified atom stereocenters. The molecule has 0 bridgehead atoms. The van der Waals surface area contributed by atoms with Crippen molar-refractivity contribution in [1.29, 1.82) is 0 Å². The van der Waals surface area contributed by atoms with Gasteiger partial charge in [0.05, 0.1) is 0 Å². The predicted octanol–water partition coefficient (Wildman–Crippen LogP) is 1.85. The van der Waals surface area contributed by atoms with Crippen LogP contribution in [-0.2, 0) is 0 Å². The van der Waals surface area contributed by atoms with E-state index in [9.17, 15) is 0 Å². The fourth-order valence-corrected chi connectivity index (χ4v) is 2.08. The summed E-state index contributed by atoms with van der Waals surface area (Å²) in [5, 5.41) is 0. The van der Waals surface area contributed by atoms with Gasteiger partial charge in [-0.3, -0.25) is 0 Å². The molecule has 2 heteroatoms. The minimum absolute atomic E-state index is 0.395. The number of hydrogen-bond acceptors (Lipinski definition) is 2. The average Bonchev–Trinajstić information content (AvgIpc) is 2.08. The number of likely N-dealkylation sites (tertiary alicyclic amines) is 1. The minimum Gasteiger partial charge on any atom is -0.328 e. The van der Waals surface area contributed by atoms with Gasteiger partial charge in [-0.1, -0.05) is 12.8 Å². The Morgan fingerprint density at radius 3 is 2.54 bits per heavy atom. The minimum atomic E-state index is 0.395. The molecule has 78 valence electrons. The summed E-state index contributed by atoms with van der Waals surface area (Å²) in [6.07, 6.45) is 6.72. The Balaban J connectivity index is 2.02. The van der Waals surface area contributed by atoms with Crippen LogP contribution in [0.5, 0.6) is 0 Å². The quantitative estimate of drug-likeness (QED) is 0.722. The Hall–Kier alpha value is -0.0800. The van der Waals surface area contributed by atoms with Crippen molar-refractivity contribution in [3.63, 3.8) is 0 Å². The zero-order chi connectivity index (χ0) is 9.68. The first kappa shape index (κ1) is 11.0. The topological polar surface area (TPSA) is 29.3 Å². The van der Waals surface area contributed by atoms with Gasteiger partial charge in [0.2, 0.25) is 0 Å². The van der Waals surface area contributed by atoms with Crippen LogP contribution < -0.4 is 5.73 Å². The van der Waals surface area contributed by atoms with E-state index in [4.69, 9.17) is 5.73 Å². The fourth-order valence-electron chi connectivity index (χ4n) is 2.08. The Morgan fingerprint density at radius 1 is 1.38 bits per heavy atom. The van der Waals surface area contributed by atoms with E-state index in [0.29, 0.717) is 6.04 Å². The summed E-state index contributed by atoms with van der Waals surface area (Å²) in [6, 6.07) is 0.395. The lowest BCUT2D eigenvalue weighted by molar-refractivity contribution is 0.209. The third-order valence-corrected chi connectivity index (χ3v) is 3.11. The summed E-state index contributed by atoms with van der Waals surface area (Å²) < 4.78 is 0. The summed E-state index contributed by atoms with van der Waals surface area (Å²) in [6.45, 7) is 4.69. The highest BCUT2D eigenvalue weighted by molar-refractivity contribution is 4.70. The Kier molecular flexibility index (Phi) is 4.74. The summed E-state index contributed by atoms with van der Waals surface area (Å²) in [7, 11) is 2.22. The predicted molar refractivity (Wildman–Crippen MR) is 57.7 cm³/mol. The Labute approximate surface area is 82.5 Å². The number of hydrogen-bond donors (Lipinski definition) is 1. The van der Waals surface area contributed by atoms with Crippen molar-refractivity contribution < 1.29 is 0 Å². The molecule has 2 nitrogen and oxygen atoms in total. The van der Waals surface area contributed by atoms with Crippen LogP contribution in [0.25, 0.3) is 0 Å². The molecule has 1 atom stereocenters. The largest absolute Gasteiger partial charge is 0.328 e. The SMILES string of the molecule is CC(N)CCCC1CCN(C)CC1. The highest BCUT2D eigenvalue weighted by Crippen LogP contribution is 2.21. The van der Waals surface area contributed by atoms with Gasteiger partial charge in [-0.25, -0.2) is 0 Å². The molecule has 2 N–H and O–H groups in total. The lowest BCUT2D eigenvalue weighted by Crippen LogP contribution is -2.30. The smallest absolute Gasteiger partial charge is 0.00104 e. The monoisotopic (exact) mass is 184 g/mol. The normalized spacial score (nSPS) is 23.3. The molecule has 1 rings (SSSR count). The van der Waals surface area contributed by atoms with Gasteiger partial charge < -0.3 is 10.6 Å². The first-order valence-electron chi connectivity index (χ1n) is 5.62. The molecule has 0 radical (unpaired) electrons. The van der Waals surface area contributed by atoms with Crippen LogP contribution in [0.1, 0.15) is 39.0 Å². The van der Waals surface area contributed by atoms with Gasteiger partial charge in [-0.2, -0.15) is 0 Å². The number of nitrogens with two attached hydrogens (primary N) is 1. The molecule has 1 saturated heterocycles. The first-order chi connectivity index (χ1) is 6.18. The lowest BCUT2D eigenvalue weighted by Gasteiger charge is -2.28. The maximum absolute atomic E-state index is 5.72. The van der Waals surface area contributed by atoms with Crippen LogP contribution in [-0.4, -0.2) is 31.1 Å². The van der Waals surface area contributed by atoms with Crippen molar-refractivity contribution in [3.05, 3.63) is 0 Å². The van der Waals surface area contributed by atoms with E-state index < -0.39 is 0 Å². The van der Waals surface area contributed by atoms with E-state index in [1.165, 1.54) is 45.2 Å². The van der Waals surface area contributed by atoms with Gasteiger partial charge in [0, 0.05) is 6.04 Å². The molecule has 0 aromatic carbocycles. The van der Waals surface area contributed by atoms with Gasteiger partial charge in [-0.05, 0) is 52.2 Å². The maximum Gasteiger partial charge on any atom is 0.00104 e. The molecule has 1 aliphatic rings. The van der Waals surface area contributed by atoms with E-state index >= 15 is 0 Å². The van der Waals surface area contributed by atoms with Gasteiger partial charge in [0.15, 0.2) is 0 Å². The van der Waals surface area contributed by atoms with E-state index in [1.807, 2.05) is 0 Å². The van der Waals surface area contributed by atoms with Crippen molar-refractivity contribution >= 4 is 0 Å². The molecule has 1 heterocycles.